The molecule has 0 aromatic heterocycles. The van der Waals surface area contributed by atoms with Crippen LogP contribution in [0.3, 0.4) is 0 Å². The lowest BCUT2D eigenvalue weighted by molar-refractivity contribution is -0.128. The molecular formula is C12H16ClNO2. The van der Waals surface area contributed by atoms with Gasteiger partial charge in [-0.05, 0) is 31.5 Å². The number of amides is 1. The SMILES string of the molecule is CCNC(=O)C(CC)Oc1cccc(Cl)c1. The van der Waals surface area contributed by atoms with Crippen molar-refractivity contribution in [2.75, 3.05) is 6.54 Å². The molecule has 1 amide bonds. The summed E-state index contributed by atoms with van der Waals surface area (Å²) in [6, 6.07) is 7.04. The van der Waals surface area contributed by atoms with E-state index in [9.17, 15) is 4.79 Å². The van der Waals surface area contributed by atoms with Crippen LogP contribution in [0.1, 0.15) is 20.3 Å². The number of ether oxygens (including phenoxy) is 1. The summed E-state index contributed by atoms with van der Waals surface area (Å²) in [5.41, 5.74) is 0. The smallest absolute Gasteiger partial charge is 0.261 e. The summed E-state index contributed by atoms with van der Waals surface area (Å²) < 4.78 is 5.56. The Kier molecular flexibility index (Phi) is 5.12. The first kappa shape index (κ1) is 12.8. The van der Waals surface area contributed by atoms with Crippen molar-refractivity contribution >= 4 is 17.5 Å². The molecule has 16 heavy (non-hydrogen) atoms. The van der Waals surface area contributed by atoms with Gasteiger partial charge in [0.15, 0.2) is 6.10 Å². The van der Waals surface area contributed by atoms with Crippen molar-refractivity contribution in [2.45, 2.75) is 26.4 Å². The van der Waals surface area contributed by atoms with Gasteiger partial charge in [0.05, 0.1) is 0 Å². The van der Waals surface area contributed by atoms with Crippen LogP contribution >= 0.6 is 11.6 Å². The first-order chi connectivity index (χ1) is 7.67. The third kappa shape index (κ3) is 3.74. The quantitative estimate of drug-likeness (QED) is 0.861. The summed E-state index contributed by atoms with van der Waals surface area (Å²) in [5.74, 6) is 0.524. The van der Waals surface area contributed by atoms with E-state index >= 15 is 0 Å². The van der Waals surface area contributed by atoms with Crippen molar-refractivity contribution in [3.63, 3.8) is 0 Å². The molecule has 0 radical (unpaired) electrons. The number of carbonyl (C=O) groups is 1. The normalized spacial score (nSPS) is 11.9. The minimum atomic E-state index is -0.460. The molecule has 0 aliphatic heterocycles. The molecule has 0 aliphatic carbocycles. The van der Waals surface area contributed by atoms with E-state index in [1.54, 1.807) is 24.3 Å². The fourth-order valence-corrected chi connectivity index (χ4v) is 1.50. The van der Waals surface area contributed by atoms with Gasteiger partial charge in [-0.3, -0.25) is 4.79 Å². The third-order valence-electron chi connectivity index (χ3n) is 2.09. The van der Waals surface area contributed by atoms with Gasteiger partial charge in [-0.15, -0.1) is 0 Å². The van der Waals surface area contributed by atoms with Gasteiger partial charge in [0.25, 0.3) is 5.91 Å². The highest BCUT2D eigenvalue weighted by atomic mass is 35.5. The largest absolute Gasteiger partial charge is 0.481 e. The molecule has 0 bridgehead atoms. The molecular weight excluding hydrogens is 226 g/mol. The van der Waals surface area contributed by atoms with Gasteiger partial charge < -0.3 is 10.1 Å². The highest BCUT2D eigenvalue weighted by Gasteiger charge is 2.17. The number of hydrogen-bond acceptors (Lipinski definition) is 2. The molecule has 0 spiro atoms. The zero-order valence-electron chi connectivity index (χ0n) is 9.50. The maximum atomic E-state index is 11.6. The predicted octanol–water partition coefficient (Wildman–Crippen LogP) is 2.63. The van der Waals surface area contributed by atoms with Crippen LogP contribution in [-0.4, -0.2) is 18.6 Å². The van der Waals surface area contributed by atoms with Crippen LogP contribution in [0.2, 0.25) is 5.02 Å². The molecule has 1 rings (SSSR count). The summed E-state index contributed by atoms with van der Waals surface area (Å²) in [7, 11) is 0. The Morgan fingerprint density at radius 2 is 2.25 bits per heavy atom. The van der Waals surface area contributed by atoms with E-state index in [0.717, 1.165) is 0 Å². The second kappa shape index (κ2) is 6.38. The minimum absolute atomic E-state index is 0.0926. The second-order valence-corrected chi connectivity index (χ2v) is 3.80. The average molecular weight is 242 g/mol. The Morgan fingerprint density at radius 3 is 2.81 bits per heavy atom. The Morgan fingerprint density at radius 1 is 1.50 bits per heavy atom. The Labute approximate surface area is 101 Å². The van der Waals surface area contributed by atoms with Gasteiger partial charge in [0, 0.05) is 11.6 Å². The highest BCUT2D eigenvalue weighted by Crippen LogP contribution is 2.19. The lowest BCUT2D eigenvalue weighted by Gasteiger charge is -2.16. The summed E-state index contributed by atoms with van der Waals surface area (Å²) >= 11 is 5.83. The van der Waals surface area contributed by atoms with E-state index in [1.165, 1.54) is 0 Å². The molecule has 1 N–H and O–H groups in total. The second-order valence-electron chi connectivity index (χ2n) is 3.37. The summed E-state index contributed by atoms with van der Waals surface area (Å²) in [6.07, 6.45) is 0.164. The van der Waals surface area contributed by atoms with E-state index in [1.807, 2.05) is 13.8 Å². The van der Waals surface area contributed by atoms with E-state index in [0.29, 0.717) is 23.7 Å². The van der Waals surface area contributed by atoms with Gasteiger partial charge in [-0.2, -0.15) is 0 Å². The van der Waals surface area contributed by atoms with Crippen LogP contribution in [0.15, 0.2) is 24.3 Å². The molecule has 0 heterocycles. The number of benzene rings is 1. The maximum Gasteiger partial charge on any atom is 0.261 e. The number of likely N-dealkylation sites (N-methyl/N-ethyl adjacent to an activating group) is 1. The number of rotatable bonds is 5. The Bertz CT molecular complexity index is 355. The molecule has 1 aromatic rings. The third-order valence-corrected chi connectivity index (χ3v) is 2.32. The fourth-order valence-electron chi connectivity index (χ4n) is 1.31. The molecule has 1 atom stereocenters. The topological polar surface area (TPSA) is 38.3 Å². The van der Waals surface area contributed by atoms with Crippen molar-refractivity contribution in [1.29, 1.82) is 0 Å². The van der Waals surface area contributed by atoms with Crippen LogP contribution in [0, 0.1) is 0 Å². The minimum Gasteiger partial charge on any atom is -0.481 e. The van der Waals surface area contributed by atoms with E-state index in [4.69, 9.17) is 16.3 Å². The van der Waals surface area contributed by atoms with Gasteiger partial charge in [0.1, 0.15) is 5.75 Å². The maximum absolute atomic E-state index is 11.6. The molecule has 0 saturated heterocycles. The predicted molar refractivity (Wildman–Crippen MR) is 64.8 cm³/mol. The molecule has 0 fully saturated rings. The van der Waals surface area contributed by atoms with Gasteiger partial charge in [-0.25, -0.2) is 0 Å². The lowest BCUT2D eigenvalue weighted by Crippen LogP contribution is -2.37. The van der Waals surface area contributed by atoms with Crippen molar-refractivity contribution in [3.05, 3.63) is 29.3 Å². The highest BCUT2D eigenvalue weighted by molar-refractivity contribution is 6.30. The summed E-state index contributed by atoms with van der Waals surface area (Å²) in [5, 5.41) is 3.33. The molecule has 0 saturated carbocycles. The lowest BCUT2D eigenvalue weighted by atomic mass is 10.2. The molecule has 0 aliphatic rings. The van der Waals surface area contributed by atoms with Crippen molar-refractivity contribution in [1.82, 2.24) is 5.32 Å². The standard InChI is InChI=1S/C12H16ClNO2/c1-3-11(12(15)14-4-2)16-10-7-5-6-9(13)8-10/h5-8,11H,3-4H2,1-2H3,(H,14,15). The summed E-state index contributed by atoms with van der Waals surface area (Å²) in [4.78, 5) is 11.6. The van der Waals surface area contributed by atoms with Crippen molar-refractivity contribution in [3.8, 4) is 5.75 Å². The van der Waals surface area contributed by atoms with Crippen molar-refractivity contribution < 1.29 is 9.53 Å². The molecule has 4 heteroatoms. The molecule has 3 nitrogen and oxygen atoms in total. The Hall–Kier alpha value is -1.22. The van der Waals surface area contributed by atoms with Crippen LogP contribution < -0.4 is 10.1 Å². The zero-order valence-corrected chi connectivity index (χ0v) is 10.3. The first-order valence-corrected chi connectivity index (χ1v) is 5.75. The van der Waals surface area contributed by atoms with Crippen LogP contribution in [-0.2, 0) is 4.79 Å². The van der Waals surface area contributed by atoms with E-state index in [2.05, 4.69) is 5.32 Å². The van der Waals surface area contributed by atoms with Crippen LogP contribution in [0.25, 0.3) is 0 Å². The number of halogens is 1. The van der Waals surface area contributed by atoms with Gasteiger partial charge in [0.2, 0.25) is 0 Å². The molecule has 1 unspecified atom stereocenters. The zero-order chi connectivity index (χ0) is 12.0. The van der Waals surface area contributed by atoms with Gasteiger partial charge in [-0.1, -0.05) is 24.6 Å². The average Bonchev–Trinajstić information content (AvgIpc) is 2.26. The summed E-state index contributed by atoms with van der Waals surface area (Å²) in [6.45, 7) is 4.39. The van der Waals surface area contributed by atoms with Crippen molar-refractivity contribution in [2.24, 2.45) is 0 Å². The number of nitrogens with one attached hydrogen (secondary N) is 1. The molecule has 1 aromatic carbocycles. The molecule has 88 valence electrons. The van der Waals surface area contributed by atoms with E-state index < -0.39 is 6.10 Å². The van der Waals surface area contributed by atoms with Crippen LogP contribution in [0.5, 0.6) is 5.75 Å². The Balaban J connectivity index is 2.66. The first-order valence-electron chi connectivity index (χ1n) is 5.37. The van der Waals surface area contributed by atoms with E-state index in [-0.39, 0.29) is 5.91 Å². The van der Waals surface area contributed by atoms with Crippen LogP contribution in [0.4, 0.5) is 0 Å². The monoisotopic (exact) mass is 241 g/mol. The van der Waals surface area contributed by atoms with Gasteiger partial charge >= 0.3 is 0 Å². The fraction of sp³-hybridized carbons (Fsp3) is 0.417. The number of hydrogen-bond donors (Lipinski definition) is 1. The number of carbonyl (C=O) groups excluding carboxylic acids is 1.